The van der Waals surface area contributed by atoms with Gasteiger partial charge in [-0.25, -0.2) is 0 Å². The highest BCUT2D eigenvalue weighted by molar-refractivity contribution is 4.95. The van der Waals surface area contributed by atoms with Crippen LogP contribution in [0.25, 0.3) is 0 Å². The lowest BCUT2D eigenvalue weighted by Gasteiger charge is -2.21. The molecule has 2 fully saturated rings. The summed E-state index contributed by atoms with van der Waals surface area (Å²) in [6.07, 6.45) is 5.21. The lowest BCUT2D eigenvalue weighted by Crippen LogP contribution is -2.20. The Balaban J connectivity index is 1.35. The second-order valence-electron chi connectivity index (χ2n) is 5.58. The maximum atomic E-state index is 5.72. The molecule has 0 radical (unpaired) electrons. The number of hydrogen-bond donors (Lipinski definition) is 1. The van der Waals surface area contributed by atoms with E-state index in [0.717, 1.165) is 63.8 Å². The molecule has 1 atom stereocenters. The highest BCUT2D eigenvalue weighted by atomic mass is 16.5. The second-order valence-corrected chi connectivity index (χ2v) is 5.58. The molecule has 112 valence electrons. The van der Waals surface area contributed by atoms with Gasteiger partial charge >= 0.3 is 0 Å². The van der Waals surface area contributed by atoms with Crippen molar-refractivity contribution in [1.29, 1.82) is 0 Å². The van der Waals surface area contributed by atoms with Gasteiger partial charge in [0.05, 0.1) is 12.6 Å². The van der Waals surface area contributed by atoms with Crippen LogP contribution in [-0.2, 0) is 15.9 Å². The number of aromatic nitrogens is 2. The summed E-state index contributed by atoms with van der Waals surface area (Å²) in [6.45, 7) is 4.26. The van der Waals surface area contributed by atoms with Crippen molar-refractivity contribution in [1.82, 2.24) is 15.5 Å². The van der Waals surface area contributed by atoms with Crippen LogP contribution in [-0.4, -0.2) is 43.1 Å². The molecule has 1 aromatic heterocycles. The molecule has 0 aliphatic carbocycles. The summed E-state index contributed by atoms with van der Waals surface area (Å²) in [4.78, 5) is 4.44. The summed E-state index contributed by atoms with van der Waals surface area (Å²) in [6, 6.07) is 0.249. The molecule has 2 aliphatic rings. The summed E-state index contributed by atoms with van der Waals surface area (Å²) in [5.41, 5.74) is 0. The molecule has 2 aliphatic heterocycles. The van der Waals surface area contributed by atoms with Gasteiger partial charge in [0, 0.05) is 26.2 Å². The van der Waals surface area contributed by atoms with Gasteiger partial charge in [-0.2, -0.15) is 4.98 Å². The monoisotopic (exact) mass is 281 g/mol. The number of ether oxygens (including phenoxy) is 2. The molecule has 6 heteroatoms. The molecular weight excluding hydrogens is 258 g/mol. The maximum Gasteiger partial charge on any atom is 0.243 e. The van der Waals surface area contributed by atoms with E-state index >= 15 is 0 Å². The molecule has 0 unspecified atom stereocenters. The average Bonchev–Trinajstić information content (AvgIpc) is 3.15. The quantitative estimate of drug-likeness (QED) is 0.797. The summed E-state index contributed by atoms with van der Waals surface area (Å²) >= 11 is 0. The van der Waals surface area contributed by atoms with Gasteiger partial charge in [0.2, 0.25) is 5.89 Å². The Bertz CT molecular complexity index is 398. The Hall–Kier alpha value is -0.980. The van der Waals surface area contributed by atoms with Gasteiger partial charge in [0.15, 0.2) is 5.82 Å². The molecule has 0 amide bonds. The molecule has 2 saturated heterocycles. The lowest BCUT2D eigenvalue weighted by molar-refractivity contribution is 0.0211. The van der Waals surface area contributed by atoms with Gasteiger partial charge in [-0.15, -0.1) is 0 Å². The molecule has 0 bridgehead atoms. The van der Waals surface area contributed by atoms with E-state index in [1.54, 1.807) is 0 Å². The number of nitrogens with one attached hydrogen (secondary N) is 1. The first-order chi connectivity index (χ1) is 9.92. The van der Waals surface area contributed by atoms with Crippen molar-refractivity contribution in [3.8, 4) is 0 Å². The van der Waals surface area contributed by atoms with Gasteiger partial charge in [0.1, 0.15) is 0 Å². The Morgan fingerprint density at radius 1 is 1.25 bits per heavy atom. The van der Waals surface area contributed by atoms with E-state index in [-0.39, 0.29) is 6.04 Å². The molecule has 3 heterocycles. The number of nitrogens with zero attached hydrogens (tertiary/aromatic N) is 2. The van der Waals surface area contributed by atoms with Crippen LogP contribution in [0, 0.1) is 5.92 Å². The van der Waals surface area contributed by atoms with Crippen molar-refractivity contribution in [3.05, 3.63) is 11.7 Å². The SMILES string of the molecule is C1CN[C@@H](c2nc(CCOCC3CCOCC3)no2)C1. The molecule has 0 aromatic carbocycles. The van der Waals surface area contributed by atoms with Gasteiger partial charge in [-0.3, -0.25) is 0 Å². The van der Waals surface area contributed by atoms with E-state index in [0.29, 0.717) is 12.5 Å². The summed E-state index contributed by atoms with van der Waals surface area (Å²) < 4.78 is 16.4. The Morgan fingerprint density at radius 2 is 2.15 bits per heavy atom. The fraction of sp³-hybridized carbons (Fsp3) is 0.857. The molecule has 1 N–H and O–H groups in total. The molecule has 0 spiro atoms. The van der Waals surface area contributed by atoms with E-state index in [1.807, 2.05) is 0 Å². The highest BCUT2D eigenvalue weighted by Gasteiger charge is 2.22. The van der Waals surface area contributed by atoms with Crippen molar-refractivity contribution in [2.45, 2.75) is 38.1 Å². The van der Waals surface area contributed by atoms with E-state index in [1.165, 1.54) is 6.42 Å². The number of hydrogen-bond acceptors (Lipinski definition) is 6. The van der Waals surface area contributed by atoms with Gasteiger partial charge in [-0.1, -0.05) is 5.16 Å². The van der Waals surface area contributed by atoms with Gasteiger partial charge in [-0.05, 0) is 38.1 Å². The Morgan fingerprint density at radius 3 is 2.95 bits per heavy atom. The summed E-state index contributed by atoms with van der Waals surface area (Å²) in [5.74, 6) is 2.12. The van der Waals surface area contributed by atoms with E-state index in [9.17, 15) is 0 Å². The largest absolute Gasteiger partial charge is 0.381 e. The normalized spacial score (nSPS) is 24.3. The molecule has 6 nitrogen and oxygen atoms in total. The van der Waals surface area contributed by atoms with Crippen molar-refractivity contribution < 1.29 is 14.0 Å². The maximum absolute atomic E-state index is 5.72. The first-order valence-electron chi connectivity index (χ1n) is 7.63. The van der Waals surface area contributed by atoms with Crippen LogP contribution in [0.3, 0.4) is 0 Å². The van der Waals surface area contributed by atoms with Crippen molar-refractivity contribution in [2.24, 2.45) is 5.92 Å². The molecule has 3 rings (SSSR count). The van der Waals surface area contributed by atoms with E-state index in [4.69, 9.17) is 14.0 Å². The third-order valence-electron chi connectivity index (χ3n) is 4.01. The van der Waals surface area contributed by atoms with Crippen LogP contribution in [0.15, 0.2) is 4.52 Å². The van der Waals surface area contributed by atoms with Crippen LogP contribution in [0.2, 0.25) is 0 Å². The van der Waals surface area contributed by atoms with Crippen LogP contribution in [0.1, 0.15) is 43.4 Å². The van der Waals surface area contributed by atoms with Crippen molar-refractivity contribution >= 4 is 0 Å². The van der Waals surface area contributed by atoms with Crippen LogP contribution >= 0.6 is 0 Å². The molecule has 20 heavy (non-hydrogen) atoms. The topological polar surface area (TPSA) is 69.4 Å². The first-order valence-corrected chi connectivity index (χ1v) is 7.63. The zero-order chi connectivity index (χ0) is 13.6. The molecule has 1 aromatic rings. The number of rotatable bonds is 6. The van der Waals surface area contributed by atoms with Crippen molar-refractivity contribution in [2.75, 3.05) is 33.0 Å². The van der Waals surface area contributed by atoms with Crippen LogP contribution < -0.4 is 5.32 Å². The third-order valence-corrected chi connectivity index (χ3v) is 4.01. The minimum Gasteiger partial charge on any atom is -0.381 e. The van der Waals surface area contributed by atoms with Crippen LogP contribution in [0.4, 0.5) is 0 Å². The zero-order valence-electron chi connectivity index (χ0n) is 11.8. The lowest BCUT2D eigenvalue weighted by atomic mass is 10.0. The average molecular weight is 281 g/mol. The van der Waals surface area contributed by atoms with Gasteiger partial charge in [0.25, 0.3) is 0 Å². The molecule has 0 saturated carbocycles. The Kier molecular flexibility index (Phi) is 5.00. The van der Waals surface area contributed by atoms with E-state index in [2.05, 4.69) is 15.5 Å². The zero-order valence-corrected chi connectivity index (χ0v) is 11.8. The summed E-state index contributed by atoms with van der Waals surface area (Å²) in [7, 11) is 0. The third kappa shape index (κ3) is 3.77. The fourth-order valence-corrected chi connectivity index (χ4v) is 2.73. The van der Waals surface area contributed by atoms with Gasteiger partial charge < -0.3 is 19.3 Å². The van der Waals surface area contributed by atoms with Crippen molar-refractivity contribution in [3.63, 3.8) is 0 Å². The predicted molar refractivity (Wildman–Crippen MR) is 72.3 cm³/mol. The minimum atomic E-state index is 0.249. The van der Waals surface area contributed by atoms with Crippen LogP contribution in [0.5, 0.6) is 0 Å². The minimum absolute atomic E-state index is 0.249. The Labute approximate surface area is 119 Å². The highest BCUT2D eigenvalue weighted by Crippen LogP contribution is 2.21. The first kappa shape index (κ1) is 14.0. The fourth-order valence-electron chi connectivity index (χ4n) is 2.73. The predicted octanol–water partition coefficient (Wildman–Crippen LogP) is 1.48. The molecular formula is C14H23N3O3. The standard InChI is InChI=1S/C14H23N3O3/c1-2-12(15-6-1)14-16-13(17-20-14)5-9-19-10-11-3-7-18-8-4-11/h11-12,15H,1-10H2/t12-/m1/s1. The van der Waals surface area contributed by atoms with E-state index < -0.39 is 0 Å². The second kappa shape index (κ2) is 7.15. The smallest absolute Gasteiger partial charge is 0.243 e. The summed E-state index contributed by atoms with van der Waals surface area (Å²) in [5, 5.41) is 7.38.